The van der Waals surface area contributed by atoms with E-state index in [1.807, 2.05) is 10.7 Å². The van der Waals surface area contributed by atoms with Crippen molar-refractivity contribution >= 4 is 24.2 Å². The number of esters is 2. The predicted octanol–water partition coefficient (Wildman–Crippen LogP) is -0.0984. The molecular formula is C14H31N3O20Pd+2. The Labute approximate surface area is 229 Å². The van der Waals surface area contributed by atoms with Gasteiger partial charge in [0.15, 0.2) is 10.7 Å². The molecule has 0 aromatic carbocycles. The van der Waals surface area contributed by atoms with Gasteiger partial charge in [0, 0.05) is 17.0 Å². The van der Waals surface area contributed by atoms with Crippen molar-refractivity contribution in [1.29, 1.82) is 5.59 Å². The van der Waals surface area contributed by atoms with E-state index in [-0.39, 0.29) is 25.9 Å². The van der Waals surface area contributed by atoms with E-state index >= 15 is 0 Å². The van der Waals surface area contributed by atoms with E-state index in [0.29, 0.717) is 0 Å². The van der Waals surface area contributed by atoms with Gasteiger partial charge in [0.05, 0.1) is 42.7 Å². The maximum Gasteiger partial charge on any atom is 2.00 e. The standard InChI is InChI=1S/C4H6O4.2C3H6O3.2CH3NO2.CH4O.CO.HNO.O2.H2O.Pd/c1-7-3(5)4(6)8-2;2*1-5-3(4)6-2;2*1-4-2-3;4*1-2;;/h1-2H3;2*1-2H3;2*1H3;2H,1H3;;1H;;1H2;/q;;;;;;;;;;+2. The Morgan fingerprint density at radius 3 is 0.763 bits per heavy atom. The first-order valence-corrected chi connectivity index (χ1v) is 7.31. The van der Waals surface area contributed by atoms with Gasteiger partial charge in [-0.3, -0.25) is 0 Å². The van der Waals surface area contributed by atoms with Crippen LogP contribution in [0.3, 0.4) is 0 Å². The van der Waals surface area contributed by atoms with Crippen molar-refractivity contribution in [2.45, 2.75) is 0 Å². The van der Waals surface area contributed by atoms with E-state index in [1.165, 1.54) is 42.7 Å². The van der Waals surface area contributed by atoms with Crippen LogP contribution in [-0.2, 0) is 72.8 Å². The van der Waals surface area contributed by atoms with Gasteiger partial charge in [-0.25, -0.2) is 19.2 Å². The summed E-state index contributed by atoms with van der Waals surface area (Å²) >= 11 is 0. The van der Waals surface area contributed by atoms with Crippen molar-refractivity contribution in [3.8, 4) is 0 Å². The van der Waals surface area contributed by atoms with Gasteiger partial charge in [-0.2, -0.15) is 4.91 Å². The number of rotatable bonds is 2. The number of hydrogen-bond donors (Lipinski definition) is 2. The third-order valence-electron chi connectivity index (χ3n) is 1.35. The smallest absolute Gasteiger partial charge is 2.00 e. The average Bonchev–Trinajstić information content (AvgIpc) is 3.00. The number of carbonyl (C=O) groups is 4. The van der Waals surface area contributed by atoms with Crippen LogP contribution in [0.25, 0.3) is 0 Å². The van der Waals surface area contributed by atoms with Crippen LogP contribution in [0.2, 0.25) is 0 Å². The molecule has 0 aliphatic rings. The molecule has 0 aromatic rings. The molecule has 38 heavy (non-hydrogen) atoms. The first-order chi connectivity index (χ1) is 17.2. The largest absolute Gasteiger partial charge is 2.00 e. The molecule has 0 aliphatic heterocycles. The Balaban J connectivity index is -0.0000000250. The summed E-state index contributed by atoms with van der Waals surface area (Å²) in [7, 11) is 10.6. The van der Waals surface area contributed by atoms with Crippen LogP contribution in [0.1, 0.15) is 0 Å². The number of methoxy groups -OCH3 is 6. The number of ether oxygens (including phenoxy) is 6. The minimum absolute atomic E-state index is 0. The number of nitrogens with zero attached hydrogens (tertiary/aromatic N) is 2. The molecule has 0 saturated carbocycles. The van der Waals surface area contributed by atoms with Gasteiger partial charge < -0.3 is 48.7 Å². The summed E-state index contributed by atoms with van der Waals surface area (Å²) in [5, 5.41) is 11.0. The van der Waals surface area contributed by atoms with Crippen LogP contribution in [0.5, 0.6) is 0 Å². The molecule has 0 bridgehead atoms. The summed E-state index contributed by atoms with van der Waals surface area (Å²) in [5.74, 6) is -1.96. The topological polar surface area (TPSA) is 348 Å². The molecular weight excluding hydrogens is 637 g/mol. The van der Waals surface area contributed by atoms with Crippen molar-refractivity contribution in [3.63, 3.8) is 0 Å². The number of nitrogens with one attached hydrogen (secondary N) is 1. The Bertz CT molecular complexity index is 445. The SMILES string of the molecule is CO.COC(=O)C(=O)OC.COC(=O)OC.COC(=O)OC.CON=O.CON=O.N=O.O.O=O.[C-]#[O+].[Pd+2]. The monoisotopic (exact) mass is 667 g/mol. The maximum absolute atomic E-state index is 10.0. The Morgan fingerprint density at radius 2 is 0.737 bits per heavy atom. The van der Waals surface area contributed by atoms with Crippen LogP contribution in [-0.4, -0.2) is 98.8 Å². The molecule has 230 valence electrons. The zero-order chi connectivity index (χ0) is 31.4. The second kappa shape index (κ2) is 105. The summed E-state index contributed by atoms with van der Waals surface area (Å²) in [4.78, 5) is 85.7. The summed E-state index contributed by atoms with van der Waals surface area (Å²) < 4.78 is 31.6. The Kier molecular flexibility index (Phi) is 193. The van der Waals surface area contributed by atoms with Crippen molar-refractivity contribution in [3.05, 3.63) is 31.3 Å². The van der Waals surface area contributed by atoms with Crippen LogP contribution < -0.4 is 0 Å². The Morgan fingerprint density at radius 1 is 0.605 bits per heavy atom. The summed E-state index contributed by atoms with van der Waals surface area (Å²) in [5.41, 5.74) is 4.50. The fourth-order valence-electron chi connectivity index (χ4n) is 0.333. The summed E-state index contributed by atoms with van der Waals surface area (Å²) in [6.07, 6.45) is -1.31. The molecule has 0 fully saturated rings. The second-order valence-corrected chi connectivity index (χ2v) is 2.81. The van der Waals surface area contributed by atoms with Crippen LogP contribution in [0.4, 0.5) is 9.59 Å². The normalized spacial score (nSPS) is 5.37. The molecule has 0 radical (unpaired) electrons. The minimum Gasteiger partial charge on any atom is 2.00 e. The van der Waals surface area contributed by atoms with E-state index in [9.17, 15) is 19.2 Å². The van der Waals surface area contributed by atoms with Crippen molar-refractivity contribution in [2.75, 3.05) is 64.0 Å². The van der Waals surface area contributed by atoms with E-state index in [1.54, 1.807) is 0 Å². The van der Waals surface area contributed by atoms with Gasteiger partial charge in [-0.1, -0.05) is 5.59 Å². The summed E-state index contributed by atoms with van der Waals surface area (Å²) in [6.45, 7) is 4.50. The molecule has 0 rings (SSSR count). The molecule has 0 amide bonds. The number of aliphatic hydroxyl groups is 1. The molecule has 23 nitrogen and oxygen atoms in total. The second-order valence-electron chi connectivity index (χ2n) is 2.81. The van der Waals surface area contributed by atoms with Gasteiger partial charge >= 0.3 is 56.0 Å². The van der Waals surface area contributed by atoms with E-state index in [2.05, 4.69) is 50.3 Å². The number of aliphatic hydroxyl groups excluding tert-OH is 1. The molecule has 0 aromatic heterocycles. The van der Waals surface area contributed by atoms with Gasteiger partial charge in [0.1, 0.15) is 14.2 Å². The number of hydrogen-bond acceptors (Lipinski definition) is 21. The van der Waals surface area contributed by atoms with Gasteiger partial charge in [-0.05, 0) is 0 Å². The van der Waals surface area contributed by atoms with E-state index in [4.69, 9.17) is 34.4 Å². The summed E-state index contributed by atoms with van der Waals surface area (Å²) in [6, 6.07) is 0. The van der Waals surface area contributed by atoms with Crippen molar-refractivity contribution in [1.82, 2.24) is 0 Å². The molecule has 0 atom stereocenters. The third-order valence-corrected chi connectivity index (χ3v) is 1.35. The van der Waals surface area contributed by atoms with Crippen molar-refractivity contribution in [2.24, 2.45) is 10.7 Å². The van der Waals surface area contributed by atoms with Gasteiger partial charge in [-0.15, -0.1) is 9.81 Å². The fraction of sp³-hybridized carbons (Fsp3) is 0.643. The number of carbonyl (C=O) groups excluding carboxylic acids is 4. The quantitative estimate of drug-likeness (QED) is 0.0567. The fourth-order valence-corrected chi connectivity index (χ4v) is 0.333. The molecule has 4 N–H and O–H groups in total. The van der Waals surface area contributed by atoms with Gasteiger partial charge in [0.25, 0.3) is 0 Å². The predicted molar refractivity (Wildman–Crippen MR) is 117 cm³/mol. The molecule has 0 saturated heterocycles. The van der Waals surface area contributed by atoms with Crippen LogP contribution in [0, 0.1) is 36.9 Å². The number of nitroso groups, excluding NO2 is 1. The minimum atomic E-state index is -0.979. The zero-order valence-electron chi connectivity index (χ0n) is 21.5. The zero-order valence-corrected chi connectivity index (χ0v) is 23.1. The van der Waals surface area contributed by atoms with Gasteiger partial charge in [0.2, 0.25) is 0 Å². The van der Waals surface area contributed by atoms with E-state index < -0.39 is 24.2 Å². The van der Waals surface area contributed by atoms with Crippen molar-refractivity contribution < 1.29 is 92.9 Å². The molecule has 0 aliphatic carbocycles. The first kappa shape index (κ1) is 70.0. The average molecular weight is 668 g/mol. The van der Waals surface area contributed by atoms with E-state index in [0.717, 1.165) is 21.3 Å². The first-order valence-electron chi connectivity index (χ1n) is 7.31. The third kappa shape index (κ3) is 158. The molecule has 24 heteroatoms. The van der Waals surface area contributed by atoms with Crippen LogP contribution in [0.15, 0.2) is 10.7 Å². The molecule has 0 unspecified atom stereocenters. The Hall–Kier alpha value is -4.20. The maximum atomic E-state index is 10.0. The van der Waals surface area contributed by atoms with Crippen LogP contribution >= 0.6 is 0 Å². The molecule has 0 spiro atoms. The molecule has 0 heterocycles.